The lowest BCUT2D eigenvalue weighted by Gasteiger charge is -2.12. The maximum atomic E-state index is 5.15. The van der Waals surface area contributed by atoms with E-state index in [0.717, 1.165) is 19.5 Å². The van der Waals surface area contributed by atoms with Gasteiger partial charge in [0.25, 0.3) is 0 Å². The molecule has 0 bridgehead atoms. The van der Waals surface area contributed by atoms with Gasteiger partial charge < -0.3 is 9.88 Å². The number of rotatable bonds is 5. The molecule has 0 saturated carbocycles. The Kier molecular flexibility index (Phi) is 4.07. The van der Waals surface area contributed by atoms with Crippen molar-refractivity contribution in [3.05, 3.63) is 18.7 Å². The van der Waals surface area contributed by atoms with Gasteiger partial charge in [0.15, 0.2) is 0 Å². The highest BCUT2D eigenvalue weighted by Gasteiger charge is 1.99. The molecule has 3 nitrogen and oxygen atoms in total. The van der Waals surface area contributed by atoms with E-state index in [-0.39, 0.29) is 0 Å². The van der Waals surface area contributed by atoms with Gasteiger partial charge in [-0.1, -0.05) is 0 Å². The monoisotopic (exact) mass is 177 g/mol. The lowest BCUT2D eigenvalue weighted by atomic mass is 10.3. The van der Waals surface area contributed by atoms with Crippen LogP contribution in [0.1, 0.15) is 13.3 Å². The summed E-state index contributed by atoms with van der Waals surface area (Å²) in [4.78, 5) is 3.97. The maximum absolute atomic E-state index is 5.15. The van der Waals surface area contributed by atoms with E-state index in [4.69, 9.17) is 6.42 Å². The first-order chi connectivity index (χ1) is 6.33. The predicted molar refractivity (Wildman–Crippen MR) is 53.1 cm³/mol. The molecule has 0 spiro atoms. The Hall–Kier alpha value is -1.27. The van der Waals surface area contributed by atoms with E-state index in [1.165, 1.54) is 0 Å². The summed E-state index contributed by atoms with van der Waals surface area (Å²) in [6, 6.07) is 0.433. The average Bonchev–Trinajstić information content (AvgIpc) is 2.57. The quantitative estimate of drug-likeness (QED) is 0.534. The van der Waals surface area contributed by atoms with Gasteiger partial charge in [-0.15, -0.1) is 12.3 Å². The van der Waals surface area contributed by atoms with Crippen molar-refractivity contribution in [1.29, 1.82) is 0 Å². The molecule has 1 rings (SSSR count). The number of hydrogen-bond acceptors (Lipinski definition) is 2. The number of nitrogens with zero attached hydrogens (tertiary/aromatic N) is 2. The van der Waals surface area contributed by atoms with Gasteiger partial charge >= 0.3 is 0 Å². The molecule has 3 heteroatoms. The summed E-state index contributed by atoms with van der Waals surface area (Å²) in [5.41, 5.74) is 0. The van der Waals surface area contributed by atoms with E-state index in [9.17, 15) is 0 Å². The molecule has 13 heavy (non-hydrogen) atoms. The zero-order chi connectivity index (χ0) is 9.52. The van der Waals surface area contributed by atoms with Crippen LogP contribution in [0.4, 0.5) is 0 Å². The number of aromatic nitrogens is 2. The molecule has 1 heterocycles. The van der Waals surface area contributed by atoms with Crippen molar-refractivity contribution in [3.63, 3.8) is 0 Å². The van der Waals surface area contributed by atoms with Crippen molar-refractivity contribution in [2.75, 3.05) is 6.54 Å². The summed E-state index contributed by atoms with van der Waals surface area (Å²) in [5, 5.41) is 3.33. The van der Waals surface area contributed by atoms with Crippen molar-refractivity contribution in [3.8, 4) is 12.3 Å². The Morgan fingerprint density at radius 3 is 3.15 bits per heavy atom. The zero-order valence-corrected chi connectivity index (χ0v) is 7.90. The topological polar surface area (TPSA) is 29.9 Å². The molecule has 0 aliphatic heterocycles. The molecule has 0 aliphatic rings. The molecule has 1 aromatic heterocycles. The van der Waals surface area contributed by atoms with Crippen LogP contribution in [0.3, 0.4) is 0 Å². The minimum absolute atomic E-state index is 0.433. The third-order valence-corrected chi connectivity index (χ3v) is 1.81. The molecular weight excluding hydrogens is 162 g/mol. The second kappa shape index (κ2) is 5.39. The van der Waals surface area contributed by atoms with Crippen LogP contribution >= 0.6 is 0 Å². The van der Waals surface area contributed by atoms with E-state index < -0.39 is 0 Å². The fourth-order valence-corrected chi connectivity index (χ4v) is 1.17. The number of hydrogen-bond donors (Lipinski definition) is 1. The minimum Gasteiger partial charge on any atom is -0.336 e. The third kappa shape index (κ3) is 3.77. The lowest BCUT2D eigenvalue weighted by molar-refractivity contribution is 0.483. The zero-order valence-electron chi connectivity index (χ0n) is 7.90. The van der Waals surface area contributed by atoms with Gasteiger partial charge in [-0.3, -0.25) is 0 Å². The largest absolute Gasteiger partial charge is 0.336 e. The number of imidazole rings is 1. The number of terminal acetylenes is 1. The van der Waals surface area contributed by atoms with Gasteiger partial charge in [-0.05, 0) is 6.92 Å². The Morgan fingerprint density at radius 2 is 2.54 bits per heavy atom. The highest BCUT2D eigenvalue weighted by molar-refractivity contribution is 4.84. The minimum atomic E-state index is 0.433. The molecule has 1 unspecified atom stereocenters. The van der Waals surface area contributed by atoms with Crippen LogP contribution in [0.2, 0.25) is 0 Å². The third-order valence-electron chi connectivity index (χ3n) is 1.81. The van der Waals surface area contributed by atoms with Crippen molar-refractivity contribution >= 4 is 0 Å². The van der Waals surface area contributed by atoms with Gasteiger partial charge in [0, 0.05) is 37.9 Å². The van der Waals surface area contributed by atoms with Crippen LogP contribution < -0.4 is 5.32 Å². The molecule has 0 saturated heterocycles. The smallest absolute Gasteiger partial charge is 0.0946 e. The standard InChI is InChI=1S/C10H15N3/c1-3-4-5-12-10(2)8-13-7-6-11-9-13/h1,6-7,9-10,12H,4-5,8H2,2H3. The van der Waals surface area contributed by atoms with Crippen LogP contribution in [-0.2, 0) is 6.54 Å². The SMILES string of the molecule is C#CCCNC(C)Cn1ccnc1. The van der Waals surface area contributed by atoms with Gasteiger partial charge in [0.2, 0.25) is 0 Å². The summed E-state index contributed by atoms with van der Waals surface area (Å²) in [7, 11) is 0. The van der Waals surface area contributed by atoms with Gasteiger partial charge in [0.1, 0.15) is 0 Å². The normalized spacial score (nSPS) is 12.3. The predicted octanol–water partition coefficient (Wildman–Crippen LogP) is 0.884. The second-order valence-electron chi connectivity index (χ2n) is 3.07. The highest BCUT2D eigenvalue weighted by Crippen LogP contribution is 1.91. The van der Waals surface area contributed by atoms with E-state index >= 15 is 0 Å². The Bertz CT molecular complexity index is 258. The van der Waals surface area contributed by atoms with Gasteiger partial charge in [-0.2, -0.15) is 0 Å². The van der Waals surface area contributed by atoms with Crippen LogP contribution in [-0.4, -0.2) is 22.1 Å². The van der Waals surface area contributed by atoms with E-state index in [0.29, 0.717) is 6.04 Å². The first-order valence-electron chi connectivity index (χ1n) is 4.45. The Labute approximate surface area is 79.2 Å². The fourth-order valence-electron chi connectivity index (χ4n) is 1.17. The molecule has 1 aromatic rings. The van der Waals surface area contributed by atoms with Crippen LogP contribution in [0.25, 0.3) is 0 Å². The summed E-state index contributed by atoms with van der Waals surface area (Å²) < 4.78 is 2.05. The van der Waals surface area contributed by atoms with Crippen molar-refractivity contribution in [1.82, 2.24) is 14.9 Å². The summed E-state index contributed by atoms with van der Waals surface area (Å²) in [5.74, 6) is 2.60. The second-order valence-corrected chi connectivity index (χ2v) is 3.07. The molecule has 1 atom stereocenters. The molecule has 0 aromatic carbocycles. The van der Waals surface area contributed by atoms with Gasteiger partial charge in [0.05, 0.1) is 6.33 Å². The van der Waals surface area contributed by atoms with E-state index in [1.54, 1.807) is 6.20 Å². The molecule has 70 valence electrons. The van der Waals surface area contributed by atoms with Crippen molar-refractivity contribution < 1.29 is 0 Å². The van der Waals surface area contributed by atoms with Crippen LogP contribution in [0, 0.1) is 12.3 Å². The lowest BCUT2D eigenvalue weighted by Crippen LogP contribution is -2.30. The summed E-state index contributed by atoms with van der Waals surface area (Å²) >= 11 is 0. The summed E-state index contributed by atoms with van der Waals surface area (Å²) in [6.45, 7) is 3.95. The molecule has 0 radical (unpaired) electrons. The first kappa shape index (κ1) is 9.82. The Morgan fingerprint density at radius 1 is 1.69 bits per heavy atom. The fraction of sp³-hybridized carbons (Fsp3) is 0.500. The average molecular weight is 177 g/mol. The van der Waals surface area contributed by atoms with E-state index in [2.05, 4.69) is 23.1 Å². The maximum Gasteiger partial charge on any atom is 0.0946 e. The van der Waals surface area contributed by atoms with Crippen LogP contribution in [0.5, 0.6) is 0 Å². The number of nitrogens with one attached hydrogen (secondary N) is 1. The van der Waals surface area contributed by atoms with Gasteiger partial charge in [-0.25, -0.2) is 4.98 Å². The molecule has 1 N–H and O–H groups in total. The molecule has 0 aliphatic carbocycles. The Balaban J connectivity index is 2.19. The van der Waals surface area contributed by atoms with E-state index in [1.807, 2.05) is 17.1 Å². The van der Waals surface area contributed by atoms with Crippen molar-refractivity contribution in [2.24, 2.45) is 0 Å². The summed E-state index contributed by atoms with van der Waals surface area (Å²) in [6.07, 6.45) is 11.5. The van der Waals surface area contributed by atoms with Crippen molar-refractivity contribution in [2.45, 2.75) is 25.9 Å². The molecule has 0 fully saturated rings. The van der Waals surface area contributed by atoms with Crippen LogP contribution in [0.15, 0.2) is 18.7 Å². The first-order valence-corrected chi connectivity index (χ1v) is 4.45. The molecular formula is C10H15N3. The highest BCUT2D eigenvalue weighted by atomic mass is 15.1. The molecule has 0 amide bonds.